The van der Waals surface area contributed by atoms with Gasteiger partial charge in [0.15, 0.2) is 0 Å². The van der Waals surface area contributed by atoms with Crippen molar-refractivity contribution in [1.29, 1.82) is 0 Å². The van der Waals surface area contributed by atoms with Crippen molar-refractivity contribution in [1.82, 2.24) is 15.1 Å². The van der Waals surface area contributed by atoms with Gasteiger partial charge in [-0.3, -0.25) is 14.6 Å². The quantitative estimate of drug-likeness (QED) is 0.847. The van der Waals surface area contributed by atoms with Crippen molar-refractivity contribution in [3.8, 4) is 0 Å². The molecule has 5 heteroatoms. The minimum atomic E-state index is -0.252. The minimum Gasteiger partial charge on any atom is -0.379 e. The Morgan fingerprint density at radius 2 is 1.81 bits per heavy atom. The van der Waals surface area contributed by atoms with Gasteiger partial charge in [0.25, 0.3) is 0 Å². The minimum absolute atomic E-state index is 0.0899. The number of aryl methyl sites for hydroxylation is 1. The van der Waals surface area contributed by atoms with Crippen LogP contribution < -0.4 is 5.32 Å². The van der Waals surface area contributed by atoms with Crippen LogP contribution in [0.1, 0.15) is 42.9 Å². The second-order valence-corrected chi connectivity index (χ2v) is 8.14. The number of carbonyl (C=O) groups is 1. The van der Waals surface area contributed by atoms with Gasteiger partial charge < -0.3 is 10.1 Å². The highest BCUT2D eigenvalue weighted by atomic mass is 16.5. The van der Waals surface area contributed by atoms with E-state index in [1.54, 1.807) is 0 Å². The van der Waals surface area contributed by atoms with Crippen LogP contribution in [0.3, 0.4) is 0 Å². The van der Waals surface area contributed by atoms with Crippen molar-refractivity contribution in [2.75, 3.05) is 46.9 Å². The van der Waals surface area contributed by atoms with Crippen LogP contribution in [-0.4, -0.2) is 68.2 Å². The summed E-state index contributed by atoms with van der Waals surface area (Å²) in [5.74, 6) is 0.119. The largest absolute Gasteiger partial charge is 0.379 e. The molecule has 1 atom stereocenters. The summed E-state index contributed by atoms with van der Waals surface area (Å²) >= 11 is 0. The van der Waals surface area contributed by atoms with E-state index in [0.29, 0.717) is 0 Å². The Morgan fingerprint density at radius 3 is 2.38 bits per heavy atom. The van der Waals surface area contributed by atoms with Crippen LogP contribution in [0, 0.1) is 6.92 Å². The fourth-order valence-electron chi connectivity index (χ4n) is 4.32. The van der Waals surface area contributed by atoms with Crippen LogP contribution in [0.4, 0.5) is 0 Å². The SMILES string of the molecule is Cc1ccc([C@H](C(=O)NC2(CN3CCOCC3)CCCC2)N(C)C)cc1. The number of morpholine rings is 1. The van der Waals surface area contributed by atoms with Crippen molar-refractivity contribution in [3.63, 3.8) is 0 Å². The Hall–Kier alpha value is -1.43. The predicted molar refractivity (Wildman–Crippen MR) is 104 cm³/mol. The summed E-state index contributed by atoms with van der Waals surface area (Å²) in [5, 5.41) is 3.47. The highest BCUT2D eigenvalue weighted by Gasteiger charge is 2.39. The number of hydrogen-bond donors (Lipinski definition) is 1. The predicted octanol–water partition coefficient (Wildman–Crippen LogP) is 2.36. The number of nitrogens with zero attached hydrogens (tertiary/aromatic N) is 2. The lowest BCUT2D eigenvalue weighted by molar-refractivity contribution is -0.128. The van der Waals surface area contributed by atoms with E-state index in [1.165, 1.54) is 18.4 Å². The zero-order chi connectivity index (χ0) is 18.6. The molecule has 1 aromatic carbocycles. The summed E-state index contributed by atoms with van der Waals surface area (Å²) in [4.78, 5) is 17.7. The fourth-order valence-corrected chi connectivity index (χ4v) is 4.32. The molecule has 1 heterocycles. The molecule has 0 aromatic heterocycles. The molecule has 1 saturated heterocycles. The molecular weight excluding hydrogens is 326 g/mol. The second-order valence-electron chi connectivity index (χ2n) is 8.14. The number of rotatable bonds is 6. The molecule has 1 aliphatic heterocycles. The maximum Gasteiger partial charge on any atom is 0.242 e. The number of benzene rings is 1. The molecule has 2 fully saturated rings. The molecule has 5 nitrogen and oxygen atoms in total. The van der Waals surface area contributed by atoms with Gasteiger partial charge in [0.1, 0.15) is 6.04 Å². The Kier molecular flexibility index (Phi) is 6.33. The van der Waals surface area contributed by atoms with Crippen LogP contribution in [0.2, 0.25) is 0 Å². The van der Waals surface area contributed by atoms with Gasteiger partial charge in [-0.05, 0) is 39.4 Å². The number of ether oxygens (including phenoxy) is 1. The molecule has 3 rings (SSSR count). The smallest absolute Gasteiger partial charge is 0.242 e. The molecule has 2 aliphatic rings. The number of amides is 1. The molecule has 26 heavy (non-hydrogen) atoms. The third-order valence-corrected chi connectivity index (χ3v) is 5.74. The molecular formula is C21H33N3O2. The summed E-state index contributed by atoms with van der Waals surface area (Å²) in [6.45, 7) is 6.54. The molecule has 0 radical (unpaired) electrons. The molecule has 1 saturated carbocycles. The van der Waals surface area contributed by atoms with E-state index in [9.17, 15) is 4.79 Å². The molecule has 0 bridgehead atoms. The number of likely N-dealkylation sites (N-methyl/N-ethyl adjacent to an activating group) is 1. The zero-order valence-electron chi connectivity index (χ0n) is 16.5. The Morgan fingerprint density at radius 1 is 1.19 bits per heavy atom. The molecule has 0 spiro atoms. The van der Waals surface area contributed by atoms with Crippen molar-refractivity contribution < 1.29 is 9.53 Å². The van der Waals surface area contributed by atoms with Crippen LogP contribution in [0.15, 0.2) is 24.3 Å². The summed E-state index contributed by atoms with van der Waals surface area (Å²) < 4.78 is 5.48. The molecule has 1 aromatic rings. The third-order valence-electron chi connectivity index (χ3n) is 5.74. The van der Waals surface area contributed by atoms with E-state index in [2.05, 4.69) is 41.4 Å². The van der Waals surface area contributed by atoms with E-state index in [4.69, 9.17) is 4.74 Å². The van der Waals surface area contributed by atoms with Crippen LogP contribution in [0.25, 0.3) is 0 Å². The highest BCUT2D eigenvalue weighted by molar-refractivity contribution is 5.84. The first kappa shape index (κ1) is 19.3. The standard InChI is InChI=1S/C21H33N3O2/c1-17-6-8-18(9-7-17)19(23(2)3)20(25)22-21(10-4-5-11-21)16-24-12-14-26-15-13-24/h6-9,19H,4-5,10-16H2,1-3H3,(H,22,25)/t19-/m1/s1. The monoisotopic (exact) mass is 359 g/mol. The van der Waals surface area contributed by atoms with Crippen LogP contribution >= 0.6 is 0 Å². The van der Waals surface area contributed by atoms with Crippen LogP contribution in [0.5, 0.6) is 0 Å². The lowest BCUT2D eigenvalue weighted by Gasteiger charge is -2.39. The van der Waals surface area contributed by atoms with Gasteiger partial charge in [-0.25, -0.2) is 0 Å². The van der Waals surface area contributed by atoms with E-state index in [0.717, 1.165) is 51.3 Å². The van der Waals surface area contributed by atoms with E-state index < -0.39 is 0 Å². The Labute approximate surface area is 157 Å². The van der Waals surface area contributed by atoms with Crippen molar-refractivity contribution in [2.45, 2.75) is 44.2 Å². The maximum atomic E-state index is 13.3. The third kappa shape index (κ3) is 4.64. The van der Waals surface area contributed by atoms with E-state index in [1.807, 2.05) is 19.0 Å². The molecule has 0 unspecified atom stereocenters. The molecule has 1 amide bonds. The molecule has 1 aliphatic carbocycles. The first-order valence-electron chi connectivity index (χ1n) is 9.84. The lowest BCUT2D eigenvalue weighted by atomic mass is 9.94. The van der Waals surface area contributed by atoms with E-state index in [-0.39, 0.29) is 17.5 Å². The normalized spacial score (nSPS) is 21.7. The topological polar surface area (TPSA) is 44.8 Å². The number of hydrogen-bond acceptors (Lipinski definition) is 4. The zero-order valence-corrected chi connectivity index (χ0v) is 16.5. The number of carbonyl (C=O) groups excluding carboxylic acids is 1. The van der Waals surface area contributed by atoms with E-state index >= 15 is 0 Å². The van der Waals surface area contributed by atoms with Gasteiger partial charge >= 0.3 is 0 Å². The van der Waals surface area contributed by atoms with Crippen molar-refractivity contribution >= 4 is 5.91 Å². The van der Waals surface area contributed by atoms with Gasteiger partial charge in [0, 0.05) is 19.6 Å². The summed E-state index contributed by atoms with van der Waals surface area (Å²) in [6, 6.07) is 8.06. The highest BCUT2D eigenvalue weighted by Crippen LogP contribution is 2.32. The van der Waals surface area contributed by atoms with Gasteiger partial charge in [-0.1, -0.05) is 42.7 Å². The van der Waals surface area contributed by atoms with Gasteiger partial charge in [-0.2, -0.15) is 0 Å². The molecule has 144 valence electrons. The average Bonchev–Trinajstić information content (AvgIpc) is 3.05. The Bertz CT molecular complexity index is 588. The first-order valence-corrected chi connectivity index (χ1v) is 9.84. The summed E-state index contributed by atoms with van der Waals surface area (Å²) in [7, 11) is 3.96. The lowest BCUT2D eigenvalue weighted by Crippen LogP contribution is -2.57. The van der Waals surface area contributed by atoms with Crippen LogP contribution in [-0.2, 0) is 9.53 Å². The summed E-state index contributed by atoms with van der Waals surface area (Å²) in [6.07, 6.45) is 4.54. The summed E-state index contributed by atoms with van der Waals surface area (Å²) in [5.41, 5.74) is 2.18. The van der Waals surface area contributed by atoms with Gasteiger partial charge in [0.2, 0.25) is 5.91 Å². The number of nitrogens with one attached hydrogen (secondary N) is 1. The molecule has 1 N–H and O–H groups in total. The average molecular weight is 360 g/mol. The first-order chi connectivity index (χ1) is 12.5. The van der Waals surface area contributed by atoms with Crippen molar-refractivity contribution in [3.05, 3.63) is 35.4 Å². The van der Waals surface area contributed by atoms with Gasteiger partial charge in [-0.15, -0.1) is 0 Å². The van der Waals surface area contributed by atoms with Crippen molar-refractivity contribution in [2.24, 2.45) is 0 Å². The maximum absolute atomic E-state index is 13.3. The fraction of sp³-hybridized carbons (Fsp3) is 0.667. The van der Waals surface area contributed by atoms with Gasteiger partial charge in [0.05, 0.1) is 18.8 Å². The second kappa shape index (κ2) is 8.51. The Balaban J connectivity index is 1.73.